The van der Waals surface area contributed by atoms with Crippen LogP contribution in [-0.2, 0) is 14.3 Å². The molecule has 3 aliphatic rings. The third kappa shape index (κ3) is 2.43. The van der Waals surface area contributed by atoms with Gasteiger partial charge in [0.25, 0.3) is 0 Å². The van der Waals surface area contributed by atoms with Crippen LogP contribution in [0.4, 0.5) is 18.9 Å². The van der Waals surface area contributed by atoms with Crippen molar-refractivity contribution in [2.24, 2.45) is 11.8 Å². The van der Waals surface area contributed by atoms with E-state index in [-0.39, 0.29) is 11.3 Å². The zero-order valence-corrected chi connectivity index (χ0v) is 14.5. The van der Waals surface area contributed by atoms with Crippen molar-refractivity contribution in [1.29, 1.82) is 5.26 Å². The summed E-state index contributed by atoms with van der Waals surface area (Å²) in [7, 11) is 0. The molecule has 3 fully saturated rings. The van der Waals surface area contributed by atoms with E-state index in [1.54, 1.807) is 19.9 Å². The Morgan fingerprint density at radius 3 is 2.22 bits per heavy atom. The molecule has 0 saturated carbocycles. The Kier molecular flexibility index (Phi) is 3.44. The smallest absolute Gasteiger partial charge is 0.404 e. The Labute approximate surface area is 152 Å². The second-order valence-corrected chi connectivity index (χ2v) is 7.53. The number of hydrogen-bond acceptors (Lipinski definition) is 5. The minimum absolute atomic E-state index is 0.0516. The molecule has 4 rings (SSSR count). The molecule has 3 saturated heterocycles. The molecule has 142 valence electrons. The highest BCUT2D eigenvalue weighted by Gasteiger charge is 2.72. The number of hydrogen-bond donors (Lipinski definition) is 0. The number of amides is 2. The van der Waals surface area contributed by atoms with Crippen molar-refractivity contribution in [3.8, 4) is 11.8 Å². The van der Waals surface area contributed by atoms with Crippen LogP contribution in [0.25, 0.3) is 0 Å². The molecular formula is C18H15F3N2O4. The van der Waals surface area contributed by atoms with Crippen LogP contribution in [0.15, 0.2) is 18.2 Å². The van der Waals surface area contributed by atoms with Gasteiger partial charge in [-0.05, 0) is 38.8 Å². The van der Waals surface area contributed by atoms with Gasteiger partial charge in [-0.1, -0.05) is 0 Å². The number of carbonyl (C=O) groups is 2. The summed E-state index contributed by atoms with van der Waals surface area (Å²) in [4.78, 5) is 26.9. The van der Waals surface area contributed by atoms with Gasteiger partial charge in [-0.3, -0.25) is 9.59 Å². The van der Waals surface area contributed by atoms with Gasteiger partial charge in [-0.2, -0.15) is 5.26 Å². The fraction of sp³-hybridized carbons (Fsp3) is 0.500. The summed E-state index contributed by atoms with van der Waals surface area (Å²) in [6.07, 6.45) is -3.74. The van der Waals surface area contributed by atoms with Crippen LogP contribution < -0.4 is 9.64 Å². The van der Waals surface area contributed by atoms with Crippen LogP contribution in [0.1, 0.15) is 32.3 Å². The Hall–Kier alpha value is -2.60. The first kappa shape index (κ1) is 17.8. The molecule has 2 amide bonds. The van der Waals surface area contributed by atoms with Gasteiger partial charge in [0, 0.05) is 6.07 Å². The average Bonchev–Trinajstić information content (AvgIpc) is 3.10. The second kappa shape index (κ2) is 5.23. The number of carbonyl (C=O) groups excluding carboxylic acids is 2. The van der Waals surface area contributed by atoms with Crippen LogP contribution in [0.3, 0.4) is 0 Å². The highest BCUT2D eigenvalue weighted by Crippen LogP contribution is 2.61. The van der Waals surface area contributed by atoms with E-state index in [1.807, 2.05) is 0 Å². The number of alkyl halides is 3. The zero-order chi connectivity index (χ0) is 19.8. The molecule has 1 aromatic carbocycles. The van der Waals surface area contributed by atoms with Crippen molar-refractivity contribution in [3.05, 3.63) is 23.8 Å². The number of imide groups is 1. The molecule has 6 nitrogen and oxygen atoms in total. The first-order chi connectivity index (χ1) is 12.5. The summed E-state index contributed by atoms with van der Waals surface area (Å²) >= 11 is 0. The topological polar surface area (TPSA) is 79.6 Å². The highest BCUT2D eigenvalue weighted by molar-refractivity contribution is 6.23. The molecule has 27 heavy (non-hydrogen) atoms. The lowest BCUT2D eigenvalue weighted by atomic mass is 9.69. The number of anilines is 1. The van der Waals surface area contributed by atoms with E-state index in [1.165, 1.54) is 6.07 Å². The third-order valence-corrected chi connectivity index (χ3v) is 5.78. The SMILES string of the molecule is C[C@]12CC[C@](C)(O1)[C@@H]1C(=O)N(c3ccc(C#N)c(OC(F)(F)F)c3)C(=O)[C@@H]12. The van der Waals surface area contributed by atoms with Gasteiger partial charge < -0.3 is 9.47 Å². The van der Waals surface area contributed by atoms with Crippen molar-refractivity contribution < 1.29 is 32.2 Å². The monoisotopic (exact) mass is 380 g/mol. The van der Waals surface area contributed by atoms with E-state index in [0.717, 1.165) is 17.0 Å². The molecule has 9 heteroatoms. The quantitative estimate of drug-likeness (QED) is 0.737. The Morgan fingerprint density at radius 1 is 1.19 bits per heavy atom. The molecule has 0 spiro atoms. The molecule has 3 aliphatic heterocycles. The lowest BCUT2D eigenvalue weighted by molar-refractivity contribution is -0.274. The van der Waals surface area contributed by atoms with Crippen LogP contribution in [0.2, 0.25) is 0 Å². The van der Waals surface area contributed by atoms with Gasteiger partial charge in [0.2, 0.25) is 11.8 Å². The van der Waals surface area contributed by atoms with Gasteiger partial charge in [0.1, 0.15) is 11.8 Å². The van der Waals surface area contributed by atoms with Gasteiger partial charge in [0.05, 0.1) is 34.3 Å². The largest absolute Gasteiger partial charge is 0.573 e. The molecule has 0 aliphatic carbocycles. The fourth-order valence-electron chi connectivity index (χ4n) is 4.67. The van der Waals surface area contributed by atoms with Crippen LogP contribution in [0.5, 0.6) is 5.75 Å². The summed E-state index contributed by atoms with van der Waals surface area (Å²) in [6.45, 7) is 3.57. The van der Waals surface area contributed by atoms with E-state index in [2.05, 4.69) is 4.74 Å². The molecule has 1 aromatic rings. The van der Waals surface area contributed by atoms with Crippen molar-refractivity contribution in [1.82, 2.24) is 0 Å². The van der Waals surface area contributed by atoms with Crippen molar-refractivity contribution in [2.75, 3.05) is 4.90 Å². The number of ether oxygens (including phenoxy) is 2. The number of fused-ring (bicyclic) bond motifs is 5. The van der Waals surface area contributed by atoms with E-state index in [0.29, 0.717) is 12.8 Å². The summed E-state index contributed by atoms with van der Waals surface area (Å²) in [5.41, 5.74) is -1.93. The molecule has 0 aromatic heterocycles. The molecule has 0 N–H and O–H groups in total. The number of nitriles is 1. The summed E-state index contributed by atoms with van der Waals surface area (Å²) in [5, 5.41) is 8.99. The molecule has 2 bridgehead atoms. The third-order valence-electron chi connectivity index (χ3n) is 5.78. The van der Waals surface area contributed by atoms with Crippen molar-refractivity contribution >= 4 is 17.5 Å². The zero-order valence-electron chi connectivity index (χ0n) is 14.5. The maximum absolute atomic E-state index is 13.0. The molecular weight excluding hydrogens is 365 g/mol. The van der Waals surface area contributed by atoms with Crippen LogP contribution >= 0.6 is 0 Å². The summed E-state index contributed by atoms with van der Waals surface area (Å²) in [6, 6.07) is 4.87. The number of halogens is 3. The molecule has 3 heterocycles. The van der Waals surface area contributed by atoms with Crippen LogP contribution in [0, 0.1) is 23.2 Å². The van der Waals surface area contributed by atoms with Crippen molar-refractivity contribution in [2.45, 2.75) is 44.3 Å². The van der Waals surface area contributed by atoms with Crippen LogP contribution in [-0.4, -0.2) is 29.4 Å². The maximum Gasteiger partial charge on any atom is 0.573 e. The van der Waals surface area contributed by atoms with Gasteiger partial charge in [-0.15, -0.1) is 13.2 Å². The normalized spacial score (nSPS) is 34.7. The lowest BCUT2D eigenvalue weighted by Gasteiger charge is -2.27. The number of rotatable bonds is 2. The van der Waals surface area contributed by atoms with E-state index in [9.17, 15) is 22.8 Å². The fourth-order valence-corrected chi connectivity index (χ4v) is 4.67. The van der Waals surface area contributed by atoms with Crippen molar-refractivity contribution in [3.63, 3.8) is 0 Å². The minimum atomic E-state index is -5.01. The predicted octanol–water partition coefficient (Wildman–Crippen LogP) is 2.90. The second-order valence-electron chi connectivity index (χ2n) is 7.53. The maximum atomic E-state index is 13.0. The summed E-state index contributed by atoms with van der Waals surface area (Å²) < 4.78 is 47.7. The number of nitrogens with zero attached hydrogens (tertiary/aromatic N) is 2. The van der Waals surface area contributed by atoms with Gasteiger partial charge in [0.15, 0.2) is 0 Å². The Balaban J connectivity index is 1.75. The Morgan fingerprint density at radius 2 is 1.74 bits per heavy atom. The van der Waals surface area contributed by atoms with Gasteiger partial charge in [-0.25, -0.2) is 4.90 Å². The standard InChI is InChI=1S/C18H15F3N2O4/c1-16-5-6-17(2,27-16)13-12(16)14(24)23(15(13)25)10-4-3-9(8-22)11(7-10)26-18(19,20)21/h3-4,7,12-13H,5-6H2,1-2H3/t12-,13+,16-,17+. The lowest BCUT2D eigenvalue weighted by Crippen LogP contribution is -2.40. The van der Waals surface area contributed by atoms with E-state index in [4.69, 9.17) is 10.00 Å². The molecule has 0 unspecified atom stereocenters. The summed E-state index contributed by atoms with van der Waals surface area (Å²) in [5.74, 6) is -3.10. The first-order valence-electron chi connectivity index (χ1n) is 8.37. The van der Waals surface area contributed by atoms with Gasteiger partial charge >= 0.3 is 6.36 Å². The average molecular weight is 380 g/mol. The molecule has 4 atom stereocenters. The number of benzene rings is 1. The molecule has 0 radical (unpaired) electrons. The van der Waals surface area contributed by atoms with E-state index < -0.39 is 47.0 Å². The minimum Gasteiger partial charge on any atom is -0.404 e. The highest BCUT2D eigenvalue weighted by atomic mass is 19.4. The first-order valence-corrected chi connectivity index (χ1v) is 8.37. The van der Waals surface area contributed by atoms with E-state index >= 15 is 0 Å². The predicted molar refractivity (Wildman–Crippen MR) is 84.4 cm³/mol. The Bertz CT molecular complexity index is 875.